The number of nitrogens with one attached hydrogen (secondary N) is 1. The van der Waals surface area contributed by atoms with Crippen LogP contribution in [0.5, 0.6) is 0 Å². The first-order valence-electron chi connectivity index (χ1n) is 6.23. The molecule has 0 aromatic heterocycles. The van der Waals surface area contributed by atoms with Gasteiger partial charge in [-0.15, -0.1) is 11.6 Å². The van der Waals surface area contributed by atoms with Crippen molar-refractivity contribution >= 4 is 23.2 Å². The lowest BCUT2D eigenvalue weighted by Crippen LogP contribution is -2.28. The van der Waals surface area contributed by atoms with Crippen molar-refractivity contribution in [2.45, 2.75) is 24.6 Å². The van der Waals surface area contributed by atoms with Crippen molar-refractivity contribution in [1.29, 1.82) is 0 Å². The van der Waals surface area contributed by atoms with Crippen LogP contribution in [0.1, 0.15) is 29.6 Å². The summed E-state index contributed by atoms with van der Waals surface area (Å²) < 4.78 is 0. The van der Waals surface area contributed by atoms with Gasteiger partial charge < -0.3 is 5.32 Å². The average molecular weight is 283 g/mol. The molecule has 0 spiro atoms. The van der Waals surface area contributed by atoms with Crippen LogP contribution in [0.2, 0.25) is 0 Å². The Labute approximate surface area is 116 Å². The fourth-order valence-electron chi connectivity index (χ4n) is 2.27. The van der Waals surface area contributed by atoms with E-state index in [9.17, 15) is 14.9 Å². The number of nitro groups is 1. The molecule has 102 valence electrons. The van der Waals surface area contributed by atoms with E-state index in [-0.39, 0.29) is 17.0 Å². The number of hydrogen-bond donors (Lipinski definition) is 1. The van der Waals surface area contributed by atoms with Gasteiger partial charge in [0.05, 0.1) is 4.92 Å². The molecule has 6 heteroatoms. The van der Waals surface area contributed by atoms with Crippen molar-refractivity contribution in [3.8, 4) is 0 Å². The van der Waals surface area contributed by atoms with Crippen LogP contribution in [-0.2, 0) is 0 Å². The van der Waals surface area contributed by atoms with Crippen LogP contribution in [0.3, 0.4) is 0 Å². The summed E-state index contributed by atoms with van der Waals surface area (Å²) in [6, 6.07) is 5.59. The first-order valence-corrected chi connectivity index (χ1v) is 6.66. The third-order valence-electron chi connectivity index (χ3n) is 3.37. The molecule has 19 heavy (non-hydrogen) atoms. The summed E-state index contributed by atoms with van der Waals surface area (Å²) in [7, 11) is 0. The highest BCUT2D eigenvalue weighted by Crippen LogP contribution is 2.28. The van der Waals surface area contributed by atoms with Gasteiger partial charge in [-0.05, 0) is 37.3 Å². The molecule has 5 nitrogen and oxygen atoms in total. The first-order chi connectivity index (χ1) is 9.06. The van der Waals surface area contributed by atoms with E-state index in [1.807, 2.05) is 0 Å². The molecule has 0 aliphatic heterocycles. The highest BCUT2D eigenvalue weighted by molar-refractivity contribution is 6.20. The molecule has 0 heterocycles. The SMILES string of the molecule is O=C(NCC1CCC(Cl)C1)c1ccc([N+](=O)[O-])cc1. The lowest BCUT2D eigenvalue weighted by molar-refractivity contribution is -0.384. The molecule has 0 saturated heterocycles. The minimum atomic E-state index is -0.485. The molecule has 0 bridgehead atoms. The maximum Gasteiger partial charge on any atom is 0.269 e. The predicted molar refractivity (Wildman–Crippen MR) is 72.4 cm³/mol. The maximum atomic E-state index is 11.9. The Morgan fingerprint density at radius 1 is 1.37 bits per heavy atom. The summed E-state index contributed by atoms with van der Waals surface area (Å²) in [6.45, 7) is 0.610. The lowest BCUT2D eigenvalue weighted by atomic mass is 10.1. The summed E-state index contributed by atoms with van der Waals surface area (Å²) in [5.74, 6) is 0.234. The van der Waals surface area contributed by atoms with Crippen molar-refractivity contribution in [3.63, 3.8) is 0 Å². The Bertz CT molecular complexity index is 475. The number of non-ortho nitro benzene ring substituents is 1. The lowest BCUT2D eigenvalue weighted by Gasteiger charge is -2.10. The topological polar surface area (TPSA) is 72.2 Å². The van der Waals surface area contributed by atoms with Crippen LogP contribution in [0.25, 0.3) is 0 Å². The van der Waals surface area contributed by atoms with Gasteiger partial charge in [0.15, 0.2) is 0 Å². The minimum Gasteiger partial charge on any atom is -0.352 e. The number of rotatable bonds is 4. The van der Waals surface area contributed by atoms with Gasteiger partial charge in [-0.25, -0.2) is 0 Å². The van der Waals surface area contributed by atoms with E-state index in [1.165, 1.54) is 24.3 Å². The molecule has 1 aliphatic rings. The fraction of sp³-hybridized carbons (Fsp3) is 0.462. The number of hydrogen-bond acceptors (Lipinski definition) is 3. The van der Waals surface area contributed by atoms with Crippen LogP contribution in [0, 0.1) is 16.0 Å². The zero-order valence-electron chi connectivity index (χ0n) is 10.3. The van der Waals surface area contributed by atoms with Gasteiger partial charge in [-0.2, -0.15) is 0 Å². The van der Waals surface area contributed by atoms with Gasteiger partial charge in [0, 0.05) is 29.6 Å². The fourth-order valence-corrected chi connectivity index (χ4v) is 2.65. The summed E-state index contributed by atoms with van der Waals surface area (Å²) >= 11 is 6.01. The number of alkyl halides is 1. The van der Waals surface area contributed by atoms with Gasteiger partial charge >= 0.3 is 0 Å². The summed E-state index contributed by atoms with van der Waals surface area (Å²) in [5, 5.41) is 13.6. The van der Waals surface area contributed by atoms with Crippen LogP contribution in [0.15, 0.2) is 24.3 Å². The van der Waals surface area contributed by atoms with Crippen LogP contribution in [0.4, 0.5) is 5.69 Å². The van der Waals surface area contributed by atoms with Crippen molar-refractivity contribution in [3.05, 3.63) is 39.9 Å². The molecule has 2 unspecified atom stereocenters. The van der Waals surface area contributed by atoms with E-state index in [0.717, 1.165) is 19.3 Å². The van der Waals surface area contributed by atoms with E-state index >= 15 is 0 Å². The highest BCUT2D eigenvalue weighted by atomic mass is 35.5. The number of halogens is 1. The smallest absolute Gasteiger partial charge is 0.269 e. The summed E-state index contributed by atoms with van der Waals surface area (Å²) in [5.41, 5.74) is 0.420. The van der Waals surface area contributed by atoms with E-state index in [4.69, 9.17) is 11.6 Å². The van der Waals surface area contributed by atoms with Gasteiger partial charge in [-0.1, -0.05) is 0 Å². The second-order valence-corrected chi connectivity index (χ2v) is 5.41. The number of amides is 1. The molecular weight excluding hydrogens is 268 g/mol. The van der Waals surface area contributed by atoms with Gasteiger partial charge in [0.2, 0.25) is 0 Å². The Balaban J connectivity index is 1.87. The predicted octanol–water partition coefficient (Wildman–Crippen LogP) is 2.73. The number of nitrogens with zero attached hydrogens (tertiary/aromatic N) is 1. The highest BCUT2D eigenvalue weighted by Gasteiger charge is 2.23. The zero-order chi connectivity index (χ0) is 13.8. The van der Waals surface area contributed by atoms with Gasteiger partial charge in [0.25, 0.3) is 11.6 Å². The number of carbonyl (C=O) groups excluding carboxylic acids is 1. The van der Waals surface area contributed by atoms with Crippen LogP contribution >= 0.6 is 11.6 Å². The second kappa shape index (κ2) is 6.02. The molecule has 1 aliphatic carbocycles. The Morgan fingerprint density at radius 2 is 2.05 bits per heavy atom. The Hall–Kier alpha value is -1.62. The third kappa shape index (κ3) is 3.67. The van der Waals surface area contributed by atoms with E-state index in [1.54, 1.807) is 0 Å². The monoisotopic (exact) mass is 282 g/mol. The molecule has 1 aromatic rings. The van der Waals surface area contributed by atoms with Gasteiger partial charge in [-0.3, -0.25) is 14.9 Å². The van der Waals surface area contributed by atoms with Crippen LogP contribution < -0.4 is 5.32 Å². The quantitative estimate of drug-likeness (QED) is 0.524. The maximum absolute atomic E-state index is 11.9. The molecule has 1 aromatic carbocycles. The molecule has 0 radical (unpaired) electrons. The molecule has 2 rings (SSSR count). The van der Waals surface area contributed by atoms with Crippen molar-refractivity contribution in [2.24, 2.45) is 5.92 Å². The molecule has 2 atom stereocenters. The van der Waals surface area contributed by atoms with E-state index in [2.05, 4.69) is 5.32 Å². The molecule has 1 N–H and O–H groups in total. The third-order valence-corrected chi connectivity index (χ3v) is 3.77. The summed E-state index contributed by atoms with van der Waals surface area (Å²) in [4.78, 5) is 21.9. The normalized spacial score (nSPS) is 22.2. The second-order valence-electron chi connectivity index (χ2n) is 4.79. The van der Waals surface area contributed by atoms with Crippen molar-refractivity contribution in [2.75, 3.05) is 6.54 Å². The number of benzene rings is 1. The summed E-state index contributed by atoms with van der Waals surface area (Å²) in [6.07, 6.45) is 2.97. The molecule has 1 saturated carbocycles. The Morgan fingerprint density at radius 3 is 2.58 bits per heavy atom. The molecule has 1 fully saturated rings. The standard InChI is InChI=1S/C13H15ClN2O3/c14-11-4-1-9(7-11)8-15-13(17)10-2-5-12(6-3-10)16(18)19/h2-3,5-6,9,11H,1,4,7-8H2,(H,15,17). The average Bonchev–Trinajstić information content (AvgIpc) is 2.82. The zero-order valence-corrected chi connectivity index (χ0v) is 11.1. The van der Waals surface area contributed by atoms with Gasteiger partial charge in [0.1, 0.15) is 0 Å². The van der Waals surface area contributed by atoms with E-state index in [0.29, 0.717) is 18.0 Å². The van der Waals surface area contributed by atoms with E-state index < -0.39 is 4.92 Å². The first kappa shape index (κ1) is 13.8. The molecule has 1 amide bonds. The Kier molecular flexibility index (Phi) is 4.37. The number of nitro benzene ring substituents is 1. The molecular formula is C13H15ClN2O3. The largest absolute Gasteiger partial charge is 0.352 e. The van der Waals surface area contributed by atoms with Crippen molar-refractivity contribution < 1.29 is 9.72 Å². The van der Waals surface area contributed by atoms with Crippen LogP contribution in [-0.4, -0.2) is 22.8 Å². The van der Waals surface area contributed by atoms with Crippen molar-refractivity contribution in [1.82, 2.24) is 5.32 Å². The number of carbonyl (C=O) groups is 1. The minimum absolute atomic E-state index is 0.0164.